The van der Waals surface area contributed by atoms with E-state index in [1.54, 1.807) is 0 Å². The van der Waals surface area contributed by atoms with Crippen molar-refractivity contribution in [2.24, 2.45) is 4.74 Å². The summed E-state index contributed by atoms with van der Waals surface area (Å²) >= 11 is 9.29. The first-order valence-electron chi connectivity index (χ1n) is 9.89. The fourth-order valence-corrected chi connectivity index (χ4v) is 6.78. The minimum Gasteiger partial charge on any atom is -0.320 e. The second-order valence-corrected chi connectivity index (χ2v) is 14.2. The third-order valence-corrected chi connectivity index (χ3v) is 9.65. The van der Waals surface area contributed by atoms with Crippen molar-refractivity contribution in [2.75, 3.05) is 15.3 Å². The van der Waals surface area contributed by atoms with Crippen LogP contribution in [0.3, 0.4) is 0 Å². The van der Waals surface area contributed by atoms with Crippen LogP contribution in [0.15, 0.2) is 102 Å². The fourth-order valence-electron chi connectivity index (χ4n) is 2.97. The predicted molar refractivity (Wildman–Crippen MR) is 177 cm³/mol. The van der Waals surface area contributed by atoms with Gasteiger partial charge in [0, 0.05) is 31.3 Å². The highest BCUT2D eigenvalue weighted by Crippen LogP contribution is 2.51. The first kappa shape index (κ1) is 25.5. The molecule has 3 N–H and O–H groups in total. The van der Waals surface area contributed by atoms with Gasteiger partial charge in [0.1, 0.15) is 0 Å². The van der Waals surface area contributed by atoms with E-state index in [0.29, 0.717) is 0 Å². The molecule has 9 heteroatoms. The van der Waals surface area contributed by atoms with Crippen LogP contribution in [0.1, 0.15) is 0 Å². The zero-order valence-electron chi connectivity index (χ0n) is 17.1. The second-order valence-electron chi connectivity index (χ2n) is 7.07. The number of nitrogens with one attached hydrogen (secondary N) is 3. The van der Waals surface area contributed by atoms with Crippen molar-refractivity contribution in [1.29, 1.82) is 0 Å². The summed E-state index contributed by atoms with van der Waals surface area (Å²) < 4.78 is 9.99. The van der Waals surface area contributed by atoms with Crippen LogP contribution in [0.25, 0.3) is 0 Å². The predicted octanol–water partition coefficient (Wildman–Crippen LogP) is 10.0. The molecular weight excluding hydrogens is 883 g/mol. The van der Waals surface area contributed by atoms with E-state index in [2.05, 4.69) is 203 Å². The van der Waals surface area contributed by atoms with Crippen LogP contribution in [0, 0.1) is 14.3 Å². The summed E-state index contributed by atoms with van der Waals surface area (Å²) in [4.78, 5) is 0. The van der Waals surface area contributed by atoms with Gasteiger partial charge in [-0.15, -0.1) is 0 Å². The number of halogens is 4. The molecule has 0 amide bonds. The normalized spacial score (nSPS) is 11.0. The molecule has 0 fully saturated rings. The summed E-state index contributed by atoms with van der Waals surface area (Å²) in [5.41, 5.74) is 3.88. The van der Waals surface area contributed by atoms with Crippen LogP contribution >= 0.6 is 97.9 Å². The number of hydrogen-bond acceptors (Lipinski definition) is 1. The lowest BCUT2D eigenvalue weighted by Gasteiger charge is -2.30. The molecule has 0 spiro atoms. The molecule has 33 heavy (non-hydrogen) atoms. The van der Waals surface area contributed by atoms with E-state index >= 15 is 0 Å². The molecular formula is C24H19I4N4P. The molecule has 0 aliphatic rings. The van der Waals surface area contributed by atoms with Crippen LogP contribution in [0.5, 0.6) is 0 Å². The quantitative estimate of drug-likeness (QED) is 0.128. The summed E-state index contributed by atoms with van der Waals surface area (Å²) in [6.45, 7) is 0. The fraction of sp³-hybridized carbons (Fsp3) is 0. The zero-order valence-corrected chi connectivity index (χ0v) is 26.7. The molecule has 0 bridgehead atoms. The van der Waals surface area contributed by atoms with Crippen LogP contribution in [0.4, 0.5) is 22.7 Å². The molecule has 0 heterocycles. The third-order valence-electron chi connectivity index (χ3n) is 4.50. The largest absolute Gasteiger partial charge is 0.320 e. The lowest BCUT2D eigenvalue weighted by atomic mass is 10.3. The molecule has 0 aliphatic carbocycles. The van der Waals surface area contributed by atoms with Crippen molar-refractivity contribution >= 4 is 121 Å². The van der Waals surface area contributed by atoms with E-state index in [9.17, 15) is 0 Å². The van der Waals surface area contributed by atoms with Crippen molar-refractivity contribution in [1.82, 2.24) is 0 Å². The lowest BCUT2D eigenvalue weighted by Crippen LogP contribution is -2.14. The summed E-state index contributed by atoms with van der Waals surface area (Å²) in [7, 11) is -2.58. The second kappa shape index (κ2) is 11.9. The van der Waals surface area contributed by atoms with Gasteiger partial charge in [0.15, 0.2) is 0 Å². The highest BCUT2D eigenvalue weighted by molar-refractivity contribution is 14.1. The minimum absolute atomic E-state index is 0.901. The monoisotopic (exact) mass is 902 g/mol. The number of hydrogen-bond donors (Lipinski definition) is 3. The van der Waals surface area contributed by atoms with Crippen LogP contribution in [-0.4, -0.2) is 0 Å². The van der Waals surface area contributed by atoms with Crippen molar-refractivity contribution in [2.45, 2.75) is 0 Å². The Kier molecular flexibility index (Phi) is 9.21. The third kappa shape index (κ3) is 7.71. The molecule has 4 aromatic rings. The molecule has 168 valence electrons. The number of anilines is 3. The van der Waals surface area contributed by atoms with Crippen molar-refractivity contribution < 1.29 is 0 Å². The van der Waals surface area contributed by atoms with Gasteiger partial charge in [0.25, 0.3) is 0 Å². The highest BCUT2D eigenvalue weighted by atomic mass is 127. The van der Waals surface area contributed by atoms with Crippen molar-refractivity contribution in [3.8, 4) is 0 Å². The molecule has 4 nitrogen and oxygen atoms in total. The van der Waals surface area contributed by atoms with E-state index < -0.39 is 7.51 Å². The molecule has 0 atom stereocenters. The van der Waals surface area contributed by atoms with Gasteiger partial charge in [-0.25, -0.2) is 4.74 Å². The number of rotatable bonds is 7. The maximum absolute atomic E-state index is 5.25. The van der Waals surface area contributed by atoms with Gasteiger partial charge in [0.2, 0.25) is 7.51 Å². The molecule has 4 rings (SSSR count). The summed E-state index contributed by atoms with van der Waals surface area (Å²) in [6, 6.07) is 33.4. The Bertz CT molecular complexity index is 1140. The minimum atomic E-state index is -2.58. The van der Waals surface area contributed by atoms with Gasteiger partial charge in [0.05, 0.1) is 5.69 Å². The Morgan fingerprint density at radius 2 is 0.697 bits per heavy atom. The molecule has 0 saturated carbocycles. The van der Waals surface area contributed by atoms with Gasteiger partial charge in [-0.1, -0.05) is 0 Å². The smallest absolute Gasteiger partial charge is 0.241 e. The summed E-state index contributed by atoms with van der Waals surface area (Å²) in [6.07, 6.45) is 0. The molecule has 0 radical (unpaired) electrons. The first-order chi connectivity index (χ1) is 15.9. The average molecular weight is 902 g/mol. The summed E-state index contributed by atoms with van der Waals surface area (Å²) in [5, 5.41) is 11.2. The Morgan fingerprint density at radius 1 is 0.424 bits per heavy atom. The lowest BCUT2D eigenvalue weighted by molar-refractivity contribution is 1.48. The van der Waals surface area contributed by atoms with Crippen molar-refractivity contribution in [3.05, 3.63) is 111 Å². The maximum Gasteiger partial charge on any atom is 0.241 e. The molecule has 0 unspecified atom stereocenters. The van der Waals surface area contributed by atoms with Crippen LogP contribution in [0.2, 0.25) is 0 Å². The first-order valence-corrected chi connectivity index (χ1v) is 15.9. The van der Waals surface area contributed by atoms with Gasteiger partial charge in [-0.3, -0.25) is 0 Å². The summed E-state index contributed by atoms with van der Waals surface area (Å²) in [5.74, 6) is 0. The van der Waals surface area contributed by atoms with Crippen LogP contribution < -0.4 is 15.3 Å². The number of benzene rings is 4. The SMILES string of the molecule is Ic1ccc(N=P(Nc2ccc(I)cc2)(Nc2ccc(I)cc2)Nc2ccc(I)cc2)cc1. The van der Waals surface area contributed by atoms with E-state index in [1.165, 1.54) is 14.3 Å². The standard InChI is InChI=1S/C24H19I4N4P/c25-17-1-9-21(10-2-17)29-33(30-22-11-3-18(26)4-12-22,31-23-13-5-19(27)6-14-23)32-24-15-7-20(28)8-16-24/h1-16,29-31H. The van der Waals surface area contributed by atoms with E-state index in [4.69, 9.17) is 4.74 Å². The maximum atomic E-state index is 5.25. The Balaban J connectivity index is 1.85. The van der Waals surface area contributed by atoms with Crippen molar-refractivity contribution in [3.63, 3.8) is 0 Å². The van der Waals surface area contributed by atoms with E-state index in [-0.39, 0.29) is 0 Å². The zero-order chi connectivity index (χ0) is 23.3. The van der Waals surface area contributed by atoms with Crippen LogP contribution in [-0.2, 0) is 0 Å². The molecule has 4 aromatic carbocycles. The Morgan fingerprint density at radius 3 is 1.00 bits per heavy atom. The van der Waals surface area contributed by atoms with E-state index in [1.807, 2.05) is 0 Å². The van der Waals surface area contributed by atoms with Gasteiger partial charge in [-0.2, -0.15) is 0 Å². The highest BCUT2D eigenvalue weighted by Gasteiger charge is 2.21. The molecule has 0 saturated heterocycles. The van der Waals surface area contributed by atoms with Gasteiger partial charge < -0.3 is 15.3 Å². The number of nitrogens with zero attached hydrogens (tertiary/aromatic N) is 1. The Labute approximate surface area is 248 Å². The Hall–Kier alpha value is -0.570. The molecule has 0 aromatic heterocycles. The van der Waals surface area contributed by atoms with Gasteiger partial charge >= 0.3 is 0 Å². The van der Waals surface area contributed by atoms with E-state index in [0.717, 1.165) is 22.7 Å². The molecule has 0 aliphatic heterocycles. The average Bonchev–Trinajstić information content (AvgIpc) is 2.80. The van der Waals surface area contributed by atoms with Gasteiger partial charge in [-0.05, 0) is 187 Å². The topological polar surface area (TPSA) is 48.5 Å².